The Balaban J connectivity index is 1.99. The van der Waals surface area contributed by atoms with Gasteiger partial charge < -0.3 is 10.0 Å². The van der Waals surface area contributed by atoms with Crippen LogP contribution in [-0.2, 0) is 0 Å². The Morgan fingerprint density at radius 1 is 0.857 bits per heavy atom. The van der Waals surface area contributed by atoms with Gasteiger partial charge in [0.15, 0.2) is 0 Å². The molecule has 21 heavy (non-hydrogen) atoms. The van der Waals surface area contributed by atoms with Gasteiger partial charge in [-0.05, 0) is 40.5 Å². The molecule has 0 saturated carbocycles. The van der Waals surface area contributed by atoms with E-state index in [1.165, 1.54) is 15.6 Å². The van der Waals surface area contributed by atoms with E-state index in [1.54, 1.807) is 28.7 Å². The van der Waals surface area contributed by atoms with Crippen LogP contribution in [0.2, 0.25) is 0 Å². The van der Waals surface area contributed by atoms with Crippen LogP contribution in [0.5, 0.6) is 0 Å². The average Bonchev–Trinajstić information content (AvgIpc) is 3.12. The molecule has 0 aliphatic carbocycles. The Morgan fingerprint density at radius 2 is 1.67 bits per heavy atom. The first-order valence-electron chi connectivity index (χ1n) is 6.59. The molecule has 2 nitrogen and oxygen atoms in total. The average molecular weight is 310 g/mol. The van der Waals surface area contributed by atoms with E-state index in [4.69, 9.17) is 0 Å². The summed E-state index contributed by atoms with van der Waals surface area (Å²) >= 11 is 3.42. The van der Waals surface area contributed by atoms with E-state index in [0.29, 0.717) is 5.46 Å². The van der Waals surface area contributed by atoms with Crippen LogP contribution in [0.25, 0.3) is 30.6 Å². The highest BCUT2D eigenvalue weighted by Crippen LogP contribution is 2.38. The fraction of sp³-hybridized carbons (Fsp3) is 0. The van der Waals surface area contributed by atoms with Crippen LogP contribution in [0.4, 0.5) is 0 Å². The fourth-order valence-electron chi connectivity index (χ4n) is 2.65. The van der Waals surface area contributed by atoms with E-state index in [2.05, 4.69) is 35.7 Å². The summed E-state index contributed by atoms with van der Waals surface area (Å²) in [5.41, 5.74) is 1.76. The van der Waals surface area contributed by atoms with E-state index in [1.807, 2.05) is 12.1 Å². The van der Waals surface area contributed by atoms with Crippen LogP contribution >= 0.6 is 22.7 Å². The first-order chi connectivity index (χ1) is 10.2. The molecule has 0 spiro atoms. The minimum Gasteiger partial charge on any atom is -0.423 e. The van der Waals surface area contributed by atoms with Crippen LogP contribution in [0, 0.1) is 0 Å². The molecule has 0 bridgehead atoms. The van der Waals surface area contributed by atoms with Gasteiger partial charge in [0.2, 0.25) is 0 Å². The monoisotopic (exact) mass is 310 g/mol. The summed E-state index contributed by atoms with van der Waals surface area (Å²) in [5.74, 6) is 0. The van der Waals surface area contributed by atoms with Crippen LogP contribution in [-0.4, -0.2) is 17.2 Å². The summed E-state index contributed by atoms with van der Waals surface area (Å²) in [7, 11) is -1.44. The van der Waals surface area contributed by atoms with Gasteiger partial charge in [-0.2, -0.15) is 0 Å². The largest absolute Gasteiger partial charge is 0.489 e. The molecule has 2 aromatic heterocycles. The van der Waals surface area contributed by atoms with Crippen molar-refractivity contribution in [3.8, 4) is 10.4 Å². The minimum atomic E-state index is -1.44. The SMILES string of the molecule is OB(O)c1cccc2sc(-c3cccc4sccc34)cc12. The lowest BCUT2D eigenvalue weighted by molar-refractivity contribution is 0.426. The standard InChI is InChI=1S/C16H11BO2S2/c18-17(19)13-4-2-6-15-12(13)9-16(21-15)10-3-1-5-14-11(10)7-8-20-14/h1-9,18-19H. The van der Waals surface area contributed by atoms with Gasteiger partial charge in [0.1, 0.15) is 0 Å². The Kier molecular flexibility index (Phi) is 3.08. The second-order valence-electron chi connectivity index (χ2n) is 4.88. The van der Waals surface area contributed by atoms with Gasteiger partial charge in [0.05, 0.1) is 0 Å². The molecular weight excluding hydrogens is 299 g/mol. The molecule has 0 radical (unpaired) electrons. The lowest BCUT2D eigenvalue weighted by Gasteiger charge is -2.00. The van der Waals surface area contributed by atoms with Gasteiger partial charge in [-0.15, -0.1) is 22.7 Å². The lowest BCUT2D eigenvalue weighted by Crippen LogP contribution is -2.29. The van der Waals surface area contributed by atoms with E-state index >= 15 is 0 Å². The fourth-order valence-corrected chi connectivity index (χ4v) is 4.60. The van der Waals surface area contributed by atoms with Crippen molar-refractivity contribution in [2.24, 2.45) is 0 Å². The smallest absolute Gasteiger partial charge is 0.423 e. The van der Waals surface area contributed by atoms with Gasteiger partial charge in [0, 0.05) is 25.2 Å². The number of fused-ring (bicyclic) bond motifs is 2. The van der Waals surface area contributed by atoms with Crippen molar-refractivity contribution >= 4 is 55.4 Å². The summed E-state index contributed by atoms with van der Waals surface area (Å²) in [6.07, 6.45) is 0. The first-order valence-corrected chi connectivity index (χ1v) is 8.29. The van der Waals surface area contributed by atoms with E-state index < -0.39 is 7.12 Å². The number of benzene rings is 2. The molecule has 0 saturated heterocycles. The third-order valence-corrected chi connectivity index (χ3v) is 5.65. The number of hydrogen-bond acceptors (Lipinski definition) is 4. The van der Waals surface area contributed by atoms with Crippen molar-refractivity contribution in [3.05, 3.63) is 53.9 Å². The molecule has 0 unspecified atom stereocenters. The van der Waals surface area contributed by atoms with Crippen molar-refractivity contribution in [2.75, 3.05) is 0 Å². The molecule has 0 fully saturated rings. The zero-order valence-electron chi connectivity index (χ0n) is 11.0. The lowest BCUT2D eigenvalue weighted by atomic mass is 9.78. The molecule has 0 atom stereocenters. The van der Waals surface area contributed by atoms with Gasteiger partial charge in [-0.1, -0.05) is 24.3 Å². The van der Waals surface area contributed by atoms with E-state index in [9.17, 15) is 10.0 Å². The maximum Gasteiger partial charge on any atom is 0.489 e. The van der Waals surface area contributed by atoms with E-state index in [-0.39, 0.29) is 0 Å². The van der Waals surface area contributed by atoms with Gasteiger partial charge in [-0.3, -0.25) is 0 Å². The summed E-state index contributed by atoms with van der Waals surface area (Å²) < 4.78 is 2.34. The summed E-state index contributed by atoms with van der Waals surface area (Å²) in [4.78, 5) is 1.15. The molecule has 0 amide bonds. The maximum atomic E-state index is 9.50. The number of thiophene rings is 2. The second kappa shape index (κ2) is 4.96. The van der Waals surface area contributed by atoms with E-state index in [0.717, 1.165) is 15.0 Å². The zero-order chi connectivity index (χ0) is 14.4. The van der Waals surface area contributed by atoms with Crippen LogP contribution < -0.4 is 5.46 Å². The molecule has 4 rings (SSSR count). The van der Waals surface area contributed by atoms with Crippen molar-refractivity contribution in [1.82, 2.24) is 0 Å². The summed E-state index contributed by atoms with van der Waals surface area (Å²) in [5, 5.41) is 23.3. The van der Waals surface area contributed by atoms with Crippen molar-refractivity contribution in [2.45, 2.75) is 0 Å². The Hall–Kier alpha value is -1.66. The summed E-state index contributed by atoms with van der Waals surface area (Å²) in [6.45, 7) is 0. The molecule has 5 heteroatoms. The maximum absolute atomic E-state index is 9.50. The Labute approximate surface area is 130 Å². The summed E-state index contributed by atoms with van der Waals surface area (Å²) in [6, 6.07) is 16.2. The highest BCUT2D eigenvalue weighted by molar-refractivity contribution is 7.22. The molecule has 2 aromatic carbocycles. The second-order valence-corrected chi connectivity index (χ2v) is 6.91. The van der Waals surface area contributed by atoms with Crippen LogP contribution in [0.3, 0.4) is 0 Å². The predicted octanol–water partition coefficient (Wildman–Crippen LogP) is 3.46. The minimum absolute atomic E-state index is 0.562. The highest BCUT2D eigenvalue weighted by Gasteiger charge is 2.17. The van der Waals surface area contributed by atoms with Crippen molar-refractivity contribution in [1.29, 1.82) is 0 Å². The quantitative estimate of drug-likeness (QED) is 0.557. The number of hydrogen-bond donors (Lipinski definition) is 2. The van der Waals surface area contributed by atoms with Crippen LogP contribution in [0.15, 0.2) is 53.9 Å². The molecule has 0 aliphatic rings. The van der Waals surface area contributed by atoms with Gasteiger partial charge >= 0.3 is 7.12 Å². The van der Waals surface area contributed by atoms with Crippen molar-refractivity contribution < 1.29 is 10.0 Å². The number of rotatable bonds is 2. The van der Waals surface area contributed by atoms with Crippen LogP contribution in [0.1, 0.15) is 0 Å². The third-order valence-electron chi connectivity index (χ3n) is 3.63. The predicted molar refractivity (Wildman–Crippen MR) is 92.5 cm³/mol. The topological polar surface area (TPSA) is 40.5 Å². The molecule has 0 aliphatic heterocycles. The van der Waals surface area contributed by atoms with Gasteiger partial charge in [-0.25, -0.2) is 0 Å². The molecule has 4 aromatic rings. The van der Waals surface area contributed by atoms with Crippen molar-refractivity contribution in [3.63, 3.8) is 0 Å². The third kappa shape index (κ3) is 2.10. The normalized spacial score (nSPS) is 11.3. The molecule has 2 heterocycles. The Bertz CT molecular complexity index is 940. The highest BCUT2D eigenvalue weighted by atomic mass is 32.1. The molecular formula is C16H11BO2S2. The molecule has 102 valence electrons. The first kappa shape index (κ1) is 13.0. The van der Waals surface area contributed by atoms with Gasteiger partial charge in [0.25, 0.3) is 0 Å². The Morgan fingerprint density at radius 3 is 2.52 bits per heavy atom. The zero-order valence-corrected chi connectivity index (χ0v) is 12.6. The molecule has 2 N–H and O–H groups in total.